The molecule has 0 aromatic rings. The highest BCUT2D eigenvalue weighted by Crippen LogP contribution is 2.35. The molecule has 0 rings (SSSR count). The first-order valence-corrected chi connectivity index (χ1v) is 7.97. The third kappa shape index (κ3) is 9.26. The lowest BCUT2D eigenvalue weighted by Crippen LogP contribution is -2.39. The Morgan fingerprint density at radius 3 is 2.47 bits per heavy atom. The van der Waals surface area contributed by atoms with Crippen LogP contribution >= 0.6 is 8.58 Å². The van der Waals surface area contributed by atoms with Crippen molar-refractivity contribution >= 4 is 8.58 Å². The van der Waals surface area contributed by atoms with Crippen molar-refractivity contribution in [1.82, 2.24) is 5.32 Å². The molecule has 19 heavy (non-hydrogen) atoms. The maximum atomic E-state index is 7.15. The van der Waals surface area contributed by atoms with Crippen molar-refractivity contribution in [2.24, 2.45) is 5.11 Å². The summed E-state index contributed by atoms with van der Waals surface area (Å²) in [6, 6.07) is 0. The van der Waals surface area contributed by atoms with Crippen LogP contribution in [0.15, 0.2) is 16.6 Å². The van der Waals surface area contributed by atoms with Gasteiger partial charge in [-0.1, -0.05) is 35.8 Å². The average Bonchev–Trinajstić information content (AvgIpc) is 2.32. The minimum Gasteiger partial charge on any atom is -0.373 e. The van der Waals surface area contributed by atoms with Crippen molar-refractivity contribution in [3.63, 3.8) is 0 Å². The maximum absolute atomic E-state index is 7.15. The molecule has 1 atom stereocenters. The van der Waals surface area contributed by atoms with Crippen LogP contribution in [0.5, 0.6) is 0 Å². The second-order valence-electron chi connectivity index (χ2n) is 6.10. The van der Waals surface area contributed by atoms with E-state index in [1.54, 1.807) is 0 Å². The third-order valence-corrected chi connectivity index (χ3v) is 4.11. The first-order chi connectivity index (χ1) is 8.76. The topological polar surface area (TPSA) is 57.5 Å². The Morgan fingerprint density at radius 2 is 2.00 bits per heavy atom. The SMILES string of the molecule is CCC/C(=C/PC(C)(C)COC(C)(C)CNC)N=N. The van der Waals surface area contributed by atoms with Gasteiger partial charge in [-0.05, 0) is 33.1 Å². The predicted molar refractivity (Wildman–Crippen MR) is 84.5 cm³/mol. The van der Waals surface area contributed by atoms with Gasteiger partial charge in [0.05, 0.1) is 17.9 Å². The molecule has 0 radical (unpaired) electrons. The van der Waals surface area contributed by atoms with Gasteiger partial charge in [-0.2, -0.15) is 5.11 Å². The number of ether oxygens (including phenoxy) is 1. The van der Waals surface area contributed by atoms with Gasteiger partial charge < -0.3 is 10.1 Å². The summed E-state index contributed by atoms with van der Waals surface area (Å²) in [6.07, 6.45) is 1.92. The highest BCUT2D eigenvalue weighted by molar-refractivity contribution is 7.43. The van der Waals surface area contributed by atoms with E-state index in [9.17, 15) is 0 Å². The smallest absolute Gasteiger partial charge is 0.0750 e. The first-order valence-electron chi connectivity index (χ1n) is 6.89. The summed E-state index contributed by atoms with van der Waals surface area (Å²) in [5.74, 6) is 2.10. The first kappa shape index (κ1) is 18.7. The van der Waals surface area contributed by atoms with Gasteiger partial charge in [-0.25, -0.2) is 5.53 Å². The Hall–Kier alpha value is -0.310. The van der Waals surface area contributed by atoms with Crippen LogP contribution in [-0.4, -0.2) is 31.0 Å². The zero-order chi connectivity index (χ0) is 14.9. The van der Waals surface area contributed by atoms with Crippen LogP contribution in [0.25, 0.3) is 0 Å². The molecule has 0 bridgehead atoms. The van der Waals surface area contributed by atoms with E-state index < -0.39 is 0 Å². The van der Waals surface area contributed by atoms with Crippen molar-refractivity contribution < 1.29 is 4.74 Å². The zero-order valence-corrected chi connectivity index (χ0v) is 14.3. The van der Waals surface area contributed by atoms with Crippen LogP contribution < -0.4 is 5.32 Å². The van der Waals surface area contributed by atoms with Crippen molar-refractivity contribution in [2.75, 3.05) is 20.2 Å². The second-order valence-corrected chi connectivity index (χ2v) is 8.04. The Labute approximate surface area is 120 Å². The normalized spacial score (nSPS) is 14.3. The Bertz CT molecular complexity index is 301. The second kappa shape index (κ2) is 8.78. The Morgan fingerprint density at radius 1 is 1.37 bits per heavy atom. The molecule has 0 saturated heterocycles. The summed E-state index contributed by atoms with van der Waals surface area (Å²) in [7, 11) is 2.56. The largest absolute Gasteiger partial charge is 0.373 e. The quantitative estimate of drug-likeness (QED) is 0.469. The molecule has 0 aliphatic heterocycles. The molecular weight excluding hydrogens is 257 g/mol. The van der Waals surface area contributed by atoms with E-state index in [-0.39, 0.29) is 10.8 Å². The van der Waals surface area contributed by atoms with Gasteiger partial charge in [0.2, 0.25) is 0 Å². The molecule has 1 unspecified atom stereocenters. The molecule has 0 saturated carbocycles. The number of rotatable bonds is 10. The fourth-order valence-corrected chi connectivity index (χ4v) is 2.51. The number of likely N-dealkylation sites (N-methyl/N-ethyl adjacent to an activating group) is 1. The monoisotopic (exact) mass is 287 g/mol. The molecule has 0 aliphatic carbocycles. The van der Waals surface area contributed by atoms with Crippen LogP contribution in [0.1, 0.15) is 47.5 Å². The number of allylic oxidation sites excluding steroid dienone is 1. The lowest BCUT2D eigenvalue weighted by molar-refractivity contribution is -0.0230. The van der Waals surface area contributed by atoms with E-state index in [0.717, 1.165) is 25.1 Å². The van der Waals surface area contributed by atoms with Crippen molar-refractivity contribution in [1.29, 1.82) is 5.53 Å². The molecule has 5 heteroatoms. The molecule has 0 amide bonds. The van der Waals surface area contributed by atoms with Gasteiger partial charge in [0.1, 0.15) is 0 Å². The number of hydrogen-bond acceptors (Lipinski definition) is 4. The van der Waals surface area contributed by atoms with E-state index in [1.807, 2.05) is 7.05 Å². The van der Waals surface area contributed by atoms with Crippen molar-refractivity contribution in [3.8, 4) is 0 Å². The number of nitrogens with zero attached hydrogens (tertiary/aromatic N) is 1. The van der Waals surface area contributed by atoms with Crippen LogP contribution in [0.2, 0.25) is 0 Å². The lowest BCUT2D eigenvalue weighted by Gasteiger charge is -2.31. The summed E-state index contributed by atoms with van der Waals surface area (Å²) in [6.45, 7) is 12.3. The summed E-state index contributed by atoms with van der Waals surface area (Å²) < 4.78 is 6.00. The van der Waals surface area contributed by atoms with Gasteiger partial charge in [0, 0.05) is 11.7 Å². The van der Waals surface area contributed by atoms with Crippen molar-refractivity contribution in [3.05, 3.63) is 11.5 Å². The van der Waals surface area contributed by atoms with Gasteiger partial charge in [-0.15, -0.1) is 0 Å². The summed E-state index contributed by atoms with van der Waals surface area (Å²) in [5.41, 5.74) is 7.89. The zero-order valence-electron chi connectivity index (χ0n) is 13.3. The predicted octanol–water partition coefficient (Wildman–Crippen LogP) is 4.13. The number of hydrogen-bond donors (Lipinski definition) is 2. The highest BCUT2D eigenvalue weighted by Gasteiger charge is 2.23. The van der Waals surface area contributed by atoms with Crippen LogP contribution in [-0.2, 0) is 4.74 Å². The maximum Gasteiger partial charge on any atom is 0.0750 e. The van der Waals surface area contributed by atoms with Gasteiger partial charge in [-0.3, -0.25) is 0 Å². The van der Waals surface area contributed by atoms with Gasteiger partial charge >= 0.3 is 0 Å². The molecule has 0 heterocycles. The van der Waals surface area contributed by atoms with E-state index in [1.165, 1.54) is 0 Å². The molecule has 0 fully saturated rings. The molecule has 112 valence electrons. The Kier molecular flexibility index (Phi) is 8.64. The van der Waals surface area contributed by atoms with Gasteiger partial charge in [0.15, 0.2) is 0 Å². The fourth-order valence-electron chi connectivity index (χ4n) is 1.59. The molecule has 2 N–H and O–H groups in total. The van der Waals surface area contributed by atoms with Crippen LogP contribution in [0.4, 0.5) is 0 Å². The molecule has 4 nitrogen and oxygen atoms in total. The third-order valence-electron chi connectivity index (χ3n) is 2.71. The van der Waals surface area contributed by atoms with Gasteiger partial charge in [0.25, 0.3) is 0 Å². The minimum absolute atomic E-state index is 0.0920. The fraction of sp³-hybridized carbons (Fsp3) is 0.857. The van der Waals surface area contributed by atoms with Crippen molar-refractivity contribution in [2.45, 2.75) is 58.2 Å². The highest BCUT2D eigenvalue weighted by atomic mass is 31.1. The summed E-state index contributed by atoms with van der Waals surface area (Å²) in [5, 5.41) is 6.82. The van der Waals surface area contributed by atoms with E-state index in [4.69, 9.17) is 10.3 Å². The Balaban J connectivity index is 4.35. The molecule has 0 aliphatic rings. The summed E-state index contributed by atoms with van der Waals surface area (Å²) >= 11 is 0. The van der Waals surface area contributed by atoms with E-state index in [2.05, 4.69) is 50.9 Å². The van der Waals surface area contributed by atoms with E-state index in [0.29, 0.717) is 15.2 Å². The number of nitrogens with one attached hydrogen (secondary N) is 2. The minimum atomic E-state index is -0.147. The lowest BCUT2D eigenvalue weighted by atomic mass is 10.1. The molecule has 0 aromatic carbocycles. The summed E-state index contributed by atoms with van der Waals surface area (Å²) in [4.78, 5) is 0. The van der Waals surface area contributed by atoms with Crippen LogP contribution in [0.3, 0.4) is 0 Å². The molecule has 0 aromatic heterocycles. The van der Waals surface area contributed by atoms with Crippen LogP contribution in [0, 0.1) is 5.53 Å². The van der Waals surface area contributed by atoms with E-state index >= 15 is 0 Å². The standard InChI is InChI=1S/C14H30N3OP/c1-7-8-12(17-15)9-19-14(4,5)11-18-13(2,3)10-16-6/h9,15-16,19H,7-8,10-11H2,1-6H3/b12-9-,17-15?. The molecular formula is C14H30N3OP. The average molecular weight is 287 g/mol. The molecule has 0 spiro atoms.